The molecule has 1 spiro atoms. The fraction of sp³-hybridized carbons (Fsp3) is 0.818. The summed E-state index contributed by atoms with van der Waals surface area (Å²) in [5.41, 5.74) is -0.387. The van der Waals surface area contributed by atoms with Gasteiger partial charge in [-0.25, -0.2) is 4.79 Å². The third-order valence-electron chi connectivity index (χ3n) is 6.77. The van der Waals surface area contributed by atoms with Crippen LogP contribution in [0.1, 0.15) is 64.2 Å². The molecule has 0 aromatic rings. The number of nitrogens with zero attached hydrogens (tertiary/aromatic N) is 3. The maximum atomic E-state index is 12.4. The summed E-state index contributed by atoms with van der Waals surface area (Å²) < 4.78 is 5.80. The van der Waals surface area contributed by atoms with E-state index in [0.717, 1.165) is 38.8 Å². The molecule has 28 heavy (non-hydrogen) atoms. The lowest BCUT2D eigenvalue weighted by Crippen LogP contribution is -2.48. The van der Waals surface area contributed by atoms with Gasteiger partial charge in [0.05, 0.1) is 6.54 Å². The predicted molar refractivity (Wildman–Crippen MR) is 110 cm³/mol. The van der Waals surface area contributed by atoms with Crippen LogP contribution in [0.15, 0.2) is 12.7 Å². The highest BCUT2D eigenvalue weighted by atomic mass is 16.6. The van der Waals surface area contributed by atoms with E-state index < -0.39 is 0 Å². The Hall–Kier alpha value is -1.56. The van der Waals surface area contributed by atoms with Crippen molar-refractivity contribution < 1.29 is 14.3 Å². The Morgan fingerprint density at radius 2 is 2.00 bits per heavy atom. The highest BCUT2D eigenvalue weighted by molar-refractivity contribution is 5.76. The van der Waals surface area contributed by atoms with Crippen molar-refractivity contribution in [1.29, 1.82) is 0 Å². The molecule has 0 atom stereocenters. The molecule has 1 aliphatic carbocycles. The second-order valence-electron chi connectivity index (χ2n) is 8.81. The van der Waals surface area contributed by atoms with Crippen molar-refractivity contribution in [3.05, 3.63) is 12.7 Å². The second-order valence-corrected chi connectivity index (χ2v) is 8.81. The molecular formula is C22H37N3O3. The highest BCUT2D eigenvalue weighted by Gasteiger charge is 2.47. The molecule has 158 valence electrons. The lowest BCUT2D eigenvalue weighted by Gasteiger charge is -2.37. The Kier molecular flexibility index (Phi) is 7.38. The van der Waals surface area contributed by atoms with E-state index in [-0.39, 0.29) is 17.6 Å². The van der Waals surface area contributed by atoms with Crippen LogP contribution in [0.5, 0.6) is 0 Å². The smallest absolute Gasteiger partial charge is 0.410 e. The van der Waals surface area contributed by atoms with Gasteiger partial charge in [-0.1, -0.05) is 25.3 Å². The van der Waals surface area contributed by atoms with Gasteiger partial charge in [0, 0.05) is 44.9 Å². The minimum Gasteiger partial charge on any atom is -0.441 e. The molecule has 3 aliphatic rings. The van der Waals surface area contributed by atoms with E-state index in [4.69, 9.17) is 4.74 Å². The summed E-state index contributed by atoms with van der Waals surface area (Å²) >= 11 is 0. The first-order valence-corrected chi connectivity index (χ1v) is 11.1. The van der Waals surface area contributed by atoms with Crippen molar-refractivity contribution in [1.82, 2.24) is 14.7 Å². The van der Waals surface area contributed by atoms with E-state index in [9.17, 15) is 9.59 Å². The Morgan fingerprint density at radius 3 is 2.68 bits per heavy atom. The first-order chi connectivity index (χ1) is 13.5. The van der Waals surface area contributed by atoms with Crippen LogP contribution >= 0.6 is 0 Å². The summed E-state index contributed by atoms with van der Waals surface area (Å²) in [6.07, 6.45) is 12.0. The molecule has 1 saturated carbocycles. The maximum absolute atomic E-state index is 12.4. The molecule has 0 N–H and O–H groups in total. The summed E-state index contributed by atoms with van der Waals surface area (Å²) in [6.45, 7) is 7.51. The summed E-state index contributed by atoms with van der Waals surface area (Å²) in [6, 6.07) is 0.716. The van der Waals surface area contributed by atoms with E-state index in [1.165, 1.54) is 32.1 Å². The lowest BCUT2D eigenvalue weighted by molar-refractivity contribution is -0.134. The van der Waals surface area contributed by atoms with E-state index in [1.54, 1.807) is 6.08 Å². The van der Waals surface area contributed by atoms with Gasteiger partial charge in [0.15, 0.2) is 0 Å². The second kappa shape index (κ2) is 9.77. The van der Waals surface area contributed by atoms with Crippen molar-refractivity contribution >= 4 is 12.0 Å². The van der Waals surface area contributed by atoms with Crippen LogP contribution < -0.4 is 0 Å². The van der Waals surface area contributed by atoms with Crippen LogP contribution in [-0.4, -0.2) is 78.1 Å². The zero-order chi connectivity index (χ0) is 20.0. The Labute approximate surface area is 169 Å². The van der Waals surface area contributed by atoms with E-state index >= 15 is 0 Å². The van der Waals surface area contributed by atoms with Crippen molar-refractivity contribution in [3.8, 4) is 0 Å². The summed E-state index contributed by atoms with van der Waals surface area (Å²) in [5, 5.41) is 0. The molecule has 0 bridgehead atoms. The topological polar surface area (TPSA) is 53.1 Å². The largest absolute Gasteiger partial charge is 0.441 e. The molecule has 0 aromatic carbocycles. The molecule has 2 aliphatic heterocycles. The van der Waals surface area contributed by atoms with Crippen LogP contribution in [-0.2, 0) is 9.53 Å². The molecule has 0 unspecified atom stereocenters. The van der Waals surface area contributed by atoms with Crippen LogP contribution in [0.2, 0.25) is 0 Å². The average Bonchev–Trinajstić information content (AvgIpc) is 3.02. The molecule has 2 heterocycles. The number of allylic oxidation sites excluding steroid dienone is 1. The molecule has 3 rings (SSSR count). The minimum absolute atomic E-state index is 0.174. The number of hydrogen-bond acceptors (Lipinski definition) is 4. The third-order valence-corrected chi connectivity index (χ3v) is 6.77. The lowest BCUT2D eigenvalue weighted by atomic mass is 9.91. The number of hydrogen-bond donors (Lipinski definition) is 0. The molecule has 2 amide bonds. The Morgan fingerprint density at radius 1 is 1.29 bits per heavy atom. The summed E-state index contributed by atoms with van der Waals surface area (Å²) in [7, 11) is 2.22. The maximum Gasteiger partial charge on any atom is 0.410 e. The van der Waals surface area contributed by atoms with Crippen LogP contribution in [0.25, 0.3) is 0 Å². The predicted octanol–water partition coefficient (Wildman–Crippen LogP) is 3.42. The van der Waals surface area contributed by atoms with Gasteiger partial charge in [-0.3, -0.25) is 4.79 Å². The fourth-order valence-electron chi connectivity index (χ4n) is 4.89. The molecular weight excluding hydrogens is 354 g/mol. The molecule has 2 saturated heterocycles. The van der Waals surface area contributed by atoms with Gasteiger partial charge >= 0.3 is 6.09 Å². The van der Waals surface area contributed by atoms with Gasteiger partial charge in [-0.05, 0) is 39.3 Å². The zero-order valence-corrected chi connectivity index (χ0v) is 17.5. The number of rotatable bonds is 8. The third kappa shape index (κ3) is 5.28. The van der Waals surface area contributed by atoms with Crippen molar-refractivity contribution in [3.63, 3.8) is 0 Å². The molecule has 3 fully saturated rings. The summed E-state index contributed by atoms with van der Waals surface area (Å²) in [4.78, 5) is 30.8. The van der Waals surface area contributed by atoms with Gasteiger partial charge in [0.25, 0.3) is 0 Å². The molecule has 6 nitrogen and oxygen atoms in total. The normalized spacial score (nSPS) is 22.7. The van der Waals surface area contributed by atoms with Crippen LogP contribution in [0.4, 0.5) is 4.79 Å². The van der Waals surface area contributed by atoms with Gasteiger partial charge in [-0.2, -0.15) is 0 Å². The Bertz CT molecular complexity index is 551. The van der Waals surface area contributed by atoms with Crippen molar-refractivity contribution in [2.24, 2.45) is 0 Å². The number of piperidine rings is 1. The quantitative estimate of drug-likeness (QED) is 0.595. The SMILES string of the molecule is C=CCCC(=O)N1CCC2(CC1)CN(CCCN(C)C1CCCCC1)C(=O)O2. The standard InChI is InChI=1S/C22H37N3O3/c1-3-4-11-20(26)24-16-12-22(13-17-24)18-25(21(27)28-22)15-8-14-23(2)19-9-6-5-7-10-19/h3,19H,1,4-18H2,2H3. The highest BCUT2D eigenvalue weighted by Crippen LogP contribution is 2.33. The van der Waals surface area contributed by atoms with Gasteiger partial charge in [0.2, 0.25) is 5.91 Å². The van der Waals surface area contributed by atoms with E-state index in [0.29, 0.717) is 32.1 Å². The zero-order valence-electron chi connectivity index (χ0n) is 17.5. The van der Waals surface area contributed by atoms with Crippen molar-refractivity contribution in [2.75, 3.05) is 39.8 Å². The number of carbonyl (C=O) groups is 2. The number of likely N-dealkylation sites (tertiary alicyclic amines) is 1. The number of carbonyl (C=O) groups excluding carboxylic acids is 2. The van der Waals surface area contributed by atoms with Crippen LogP contribution in [0.3, 0.4) is 0 Å². The number of amides is 2. The van der Waals surface area contributed by atoms with Gasteiger partial charge in [-0.15, -0.1) is 6.58 Å². The van der Waals surface area contributed by atoms with Gasteiger partial charge in [0.1, 0.15) is 5.60 Å². The first-order valence-electron chi connectivity index (χ1n) is 11.1. The molecule has 6 heteroatoms. The summed E-state index contributed by atoms with van der Waals surface area (Å²) in [5.74, 6) is 0.182. The van der Waals surface area contributed by atoms with Crippen LogP contribution in [0, 0.1) is 0 Å². The monoisotopic (exact) mass is 391 g/mol. The fourth-order valence-corrected chi connectivity index (χ4v) is 4.89. The number of ether oxygens (including phenoxy) is 1. The first kappa shape index (κ1) is 21.2. The average molecular weight is 392 g/mol. The van der Waals surface area contributed by atoms with E-state index in [2.05, 4.69) is 18.5 Å². The van der Waals surface area contributed by atoms with E-state index in [1.807, 2.05) is 9.80 Å². The minimum atomic E-state index is -0.387. The van der Waals surface area contributed by atoms with Crippen molar-refractivity contribution in [2.45, 2.75) is 75.9 Å². The Balaban J connectivity index is 1.40. The van der Waals surface area contributed by atoms with Gasteiger partial charge < -0.3 is 19.4 Å². The molecule has 0 radical (unpaired) electrons. The molecule has 0 aromatic heterocycles.